The van der Waals surface area contributed by atoms with Crippen molar-refractivity contribution in [3.05, 3.63) is 29.8 Å². The summed E-state index contributed by atoms with van der Waals surface area (Å²) in [6.07, 6.45) is 2.76. The third kappa shape index (κ3) is 5.83. The molecule has 1 N–H and O–H groups in total. The van der Waals surface area contributed by atoms with Crippen LogP contribution in [-0.2, 0) is 11.3 Å². The molecular formula is C16H26N2OS. The van der Waals surface area contributed by atoms with Crippen LogP contribution in [0.15, 0.2) is 29.2 Å². The van der Waals surface area contributed by atoms with Crippen LogP contribution in [0.2, 0.25) is 0 Å². The predicted molar refractivity (Wildman–Crippen MR) is 86.4 cm³/mol. The first kappa shape index (κ1) is 15.8. The molecule has 1 aromatic carbocycles. The SMILES string of the molecule is COCCNCc1cccc(SCCN2CCCC2)c1. The second-order valence-electron chi connectivity index (χ2n) is 5.21. The summed E-state index contributed by atoms with van der Waals surface area (Å²) in [4.78, 5) is 3.96. The van der Waals surface area contributed by atoms with Crippen LogP contribution >= 0.6 is 11.8 Å². The summed E-state index contributed by atoms with van der Waals surface area (Å²) in [5.41, 5.74) is 1.35. The fourth-order valence-corrected chi connectivity index (χ4v) is 3.45. The topological polar surface area (TPSA) is 24.5 Å². The number of hydrogen-bond acceptors (Lipinski definition) is 4. The first-order chi connectivity index (χ1) is 9.88. The molecule has 0 aromatic heterocycles. The zero-order valence-electron chi connectivity index (χ0n) is 12.4. The van der Waals surface area contributed by atoms with Crippen LogP contribution in [0.3, 0.4) is 0 Å². The van der Waals surface area contributed by atoms with Crippen LogP contribution in [0.4, 0.5) is 0 Å². The summed E-state index contributed by atoms with van der Waals surface area (Å²) in [7, 11) is 1.74. The van der Waals surface area contributed by atoms with E-state index < -0.39 is 0 Å². The Kier molecular flexibility index (Phi) is 7.44. The van der Waals surface area contributed by atoms with Gasteiger partial charge in [0.15, 0.2) is 0 Å². The van der Waals surface area contributed by atoms with E-state index >= 15 is 0 Å². The van der Waals surface area contributed by atoms with Crippen molar-refractivity contribution in [2.24, 2.45) is 0 Å². The minimum absolute atomic E-state index is 0.768. The summed E-state index contributed by atoms with van der Waals surface area (Å²) in [5.74, 6) is 1.19. The van der Waals surface area contributed by atoms with E-state index in [-0.39, 0.29) is 0 Å². The number of nitrogens with one attached hydrogen (secondary N) is 1. The Labute approximate surface area is 127 Å². The lowest BCUT2D eigenvalue weighted by atomic mass is 10.2. The van der Waals surface area contributed by atoms with Crippen molar-refractivity contribution in [2.75, 3.05) is 45.6 Å². The summed E-state index contributed by atoms with van der Waals surface area (Å²) in [5, 5.41) is 3.39. The first-order valence-corrected chi connectivity index (χ1v) is 8.51. The molecule has 0 saturated carbocycles. The van der Waals surface area contributed by atoms with Crippen molar-refractivity contribution in [1.82, 2.24) is 10.2 Å². The smallest absolute Gasteiger partial charge is 0.0587 e. The lowest BCUT2D eigenvalue weighted by Gasteiger charge is -2.14. The zero-order valence-corrected chi connectivity index (χ0v) is 13.3. The van der Waals surface area contributed by atoms with Crippen molar-refractivity contribution in [3.8, 4) is 0 Å². The van der Waals surface area contributed by atoms with Gasteiger partial charge in [-0.1, -0.05) is 12.1 Å². The molecule has 0 radical (unpaired) electrons. The summed E-state index contributed by atoms with van der Waals surface area (Å²) < 4.78 is 5.03. The Balaban J connectivity index is 1.68. The molecule has 4 heteroatoms. The average Bonchev–Trinajstić information content (AvgIpc) is 2.97. The van der Waals surface area contributed by atoms with Gasteiger partial charge < -0.3 is 15.0 Å². The van der Waals surface area contributed by atoms with Crippen molar-refractivity contribution >= 4 is 11.8 Å². The van der Waals surface area contributed by atoms with E-state index in [9.17, 15) is 0 Å². The molecule has 1 saturated heterocycles. The normalized spacial score (nSPS) is 15.8. The number of methoxy groups -OCH3 is 1. The number of benzene rings is 1. The van der Waals surface area contributed by atoms with Crippen LogP contribution in [-0.4, -0.2) is 50.5 Å². The predicted octanol–water partition coefficient (Wildman–Crippen LogP) is 2.61. The maximum Gasteiger partial charge on any atom is 0.0587 e. The van der Waals surface area contributed by atoms with Crippen LogP contribution in [0.5, 0.6) is 0 Å². The Morgan fingerprint density at radius 1 is 1.30 bits per heavy atom. The van der Waals surface area contributed by atoms with Crippen LogP contribution in [0.25, 0.3) is 0 Å². The molecule has 0 atom stereocenters. The largest absolute Gasteiger partial charge is 0.383 e. The van der Waals surface area contributed by atoms with Gasteiger partial charge in [-0.3, -0.25) is 0 Å². The van der Waals surface area contributed by atoms with E-state index in [1.54, 1.807) is 7.11 Å². The highest BCUT2D eigenvalue weighted by Gasteiger charge is 2.10. The molecule has 1 heterocycles. The van der Waals surface area contributed by atoms with Gasteiger partial charge in [0.25, 0.3) is 0 Å². The molecule has 0 unspecified atom stereocenters. The molecule has 1 aliphatic heterocycles. The van der Waals surface area contributed by atoms with E-state index in [1.807, 2.05) is 11.8 Å². The number of rotatable bonds is 9. The standard InChI is InChI=1S/C16H26N2OS/c1-19-11-7-17-14-15-5-4-6-16(13-15)20-12-10-18-8-2-3-9-18/h4-6,13,17H,2-3,7-12,14H2,1H3. The summed E-state index contributed by atoms with van der Waals surface area (Å²) in [6, 6.07) is 8.86. The summed E-state index contributed by atoms with van der Waals surface area (Å²) >= 11 is 1.97. The van der Waals surface area contributed by atoms with Gasteiger partial charge in [-0.05, 0) is 43.6 Å². The highest BCUT2D eigenvalue weighted by atomic mass is 32.2. The van der Waals surface area contributed by atoms with Crippen LogP contribution in [0, 0.1) is 0 Å². The molecular weight excluding hydrogens is 268 g/mol. The summed E-state index contributed by atoms with van der Waals surface area (Å²) in [6.45, 7) is 6.41. The van der Waals surface area contributed by atoms with E-state index in [0.717, 1.165) is 19.7 Å². The molecule has 1 aliphatic rings. The fraction of sp³-hybridized carbons (Fsp3) is 0.625. The van der Waals surface area contributed by atoms with Gasteiger partial charge in [0.05, 0.1) is 6.61 Å². The van der Waals surface area contributed by atoms with E-state index in [0.29, 0.717) is 0 Å². The quantitative estimate of drug-likeness (QED) is 0.559. The minimum Gasteiger partial charge on any atom is -0.383 e. The molecule has 1 aromatic rings. The monoisotopic (exact) mass is 294 g/mol. The van der Waals surface area contributed by atoms with Gasteiger partial charge in [0.1, 0.15) is 0 Å². The zero-order chi connectivity index (χ0) is 14.0. The van der Waals surface area contributed by atoms with E-state index in [4.69, 9.17) is 4.74 Å². The second kappa shape index (κ2) is 9.40. The molecule has 0 bridgehead atoms. The van der Waals surface area contributed by atoms with Crippen molar-refractivity contribution < 1.29 is 4.74 Å². The van der Waals surface area contributed by atoms with Gasteiger partial charge in [0, 0.05) is 37.4 Å². The Bertz CT molecular complexity index is 380. The van der Waals surface area contributed by atoms with E-state index in [1.165, 1.54) is 48.7 Å². The van der Waals surface area contributed by atoms with Gasteiger partial charge in [-0.15, -0.1) is 11.8 Å². The molecule has 112 valence electrons. The first-order valence-electron chi connectivity index (χ1n) is 7.52. The number of nitrogens with zero attached hydrogens (tertiary/aromatic N) is 1. The second-order valence-corrected chi connectivity index (χ2v) is 6.38. The van der Waals surface area contributed by atoms with Crippen molar-refractivity contribution in [3.63, 3.8) is 0 Å². The number of thioether (sulfide) groups is 1. The lowest BCUT2D eigenvalue weighted by Crippen LogP contribution is -2.21. The maximum atomic E-state index is 5.03. The third-order valence-electron chi connectivity index (χ3n) is 3.59. The minimum atomic E-state index is 0.768. The number of likely N-dealkylation sites (tertiary alicyclic amines) is 1. The fourth-order valence-electron chi connectivity index (χ4n) is 2.45. The molecule has 0 amide bonds. The Morgan fingerprint density at radius 3 is 2.95 bits per heavy atom. The molecule has 0 spiro atoms. The third-order valence-corrected chi connectivity index (χ3v) is 4.56. The molecule has 3 nitrogen and oxygen atoms in total. The molecule has 20 heavy (non-hydrogen) atoms. The Morgan fingerprint density at radius 2 is 2.15 bits per heavy atom. The van der Waals surface area contributed by atoms with Crippen molar-refractivity contribution in [1.29, 1.82) is 0 Å². The van der Waals surface area contributed by atoms with Gasteiger partial charge in [0.2, 0.25) is 0 Å². The molecule has 0 aliphatic carbocycles. The van der Waals surface area contributed by atoms with Crippen LogP contribution < -0.4 is 5.32 Å². The number of hydrogen-bond donors (Lipinski definition) is 1. The average molecular weight is 294 g/mol. The lowest BCUT2D eigenvalue weighted by molar-refractivity contribution is 0.199. The Hall–Kier alpha value is -0.550. The van der Waals surface area contributed by atoms with Crippen molar-refractivity contribution in [2.45, 2.75) is 24.3 Å². The number of ether oxygens (including phenoxy) is 1. The van der Waals surface area contributed by atoms with Crippen LogP contribution in [0.1, 0.15) is 18.4 Å². The molecule has 2 rings (SSSR count). The molecule has 1 fully saturated rings. The van der Waals surface area contributed by atoms with Gasteiger partial charge in [-0.25, -0.2) is 0 Å². The highest BCUT2D eigenvalue weighted by Crippen LogP contribution is 2.20. The van der Waals surface area contributed by atoms with Gasteiger partial charge >= 0.3 is 0 Å². The van der Waals surface area contributed by atoms with Gasteiger partial charge in [-0.2, -0.15) is 0 Å². The van der Waals surface area contributed by atoms with E-state index in [2.05, 4.69) is 34.5 Å². The maximum absolute atomic E-state index is 5.03. The highest BCUT2D eigenvalue weighted by molar-refractivity contribution is 7.99.